The van der Waals surface area contributed by atoms with Crippen LogP contribution in [0.3, 0.4) is 0 Å². The molecule has 0 heterocycles. The molecule has 0 spiro atoms. The summed E-state index contributed by atoms with van der Waals surface area (Å²) in [5, 5.41) is 17.5. The molecule has 0 aliphatic carbocycles. The standard InChI is InChI=1S/C13H17NO4/c1-2-14(8-3-9-15)12(16)10-4-6-11(7-5-10)13(17)18/h4-7,15H,2-3,8-9H2,1H3,(H,17,18). The summed E-state index contributed by atoms with van der Waals surface area (Å²) in [7, 11) is 0. The van der Waals surface area contributed by atoms with Gasteiger partial charge in [0, 0.05) is 25.3 Å². The molecule has 0 atom stereocenters. The SMILES string of the molecule is CCN(CCCO)C(=O)c1ccc(C(=O)O)cc1. The molecule has 0 aromatic heterocycles. The maximum absolute atomic E-state index is 12.1. The van der Waals surface area contributed by atoms with Crippen LogP contribution in [0.4, 0.5) is 0 Å². The molecule has 0 fully saturated rings. The quantitative estimate of drug-likeness (QED) is 0.797. The predicted octanol–water partition coefficient (Wildman–Crippen LogP) is 1.23. The molecule has 1 rings (SSSR count). The van der Waals surface area contributed by atoms with Gasteiger partial charge in [-0.2, -0.15) is 0 Å². The lowest BCUT2D eigenvalue weighted by Gasteiger charge is -2.20. The molecule has 2 N–H and O–H groups in total. The van der Waals surface area contributed by atoms with Gasteiger partial charge in [0.1, 0.15) is 0 Å². The first kappa shape index (κ1) is 14.2. The second-order valence-corrected chi connectivity index (χ2v) is 3.84. The minimum Gasteiger partial charge on any atom is -0.478 e. The fraction of sp³-hybridized carbons (Fsp3) is 0.385. The Hall–Kier alpha value is -1.88. The predicted molar refractivity (Wildman–Crippen MR) is 66.7 cm³/mol. The Labute approximate surface area is 106 Å². The summed E-state index contributed by atoms with van der Waals surface area (Å²) in [4.78, 5) is 24.4. The molecule has 1 amide bonds. The van der Waals surface area contributed by atoms with Gasteiger partial charge in [-0.1, -0.05) is 0 Å². The van der Waals surface area contributed by atoms with Crippen molar-refractivity contribution >= 4 is 11.9 Å². The lowest BCUT2D eigenvalue weighted by Crippen LogP contribution is -2.32. The van der Waals surface area contributed by atoms with Crippen molar-refractivity contribution in [2.75, 3.05) is 19.7 Å². The second kappa shape index (κ2) is 6.76. The summed E-state index contributed by atoms with van der Waals surface area (Å²) in [5.41, 5.74) is 0.616. The number of benzene rings is 1. The first-order valence-corrected chi connectivity index (χ1v) is 5.83. The van der Waals surface area contributed by atoms with Crippen LogP contribution in [0.25, 0.3) is 0 Å². The highest BCUT2D eigenvalue weighted by molar-refractivity contribution is 5.95. The molecule has 0 radical (unpaired) electrons. The van der Waals surface area contributed by atoms with E-state index < -0.39 is 5.97 Å². The molecular weight excluding hydrogens is 234 g/mol. The minimum absolute atomic E-state index is 0.0434. The molecule has 1 aromatic carbocycles. The summed E-state index contributed by atoms with van der Waals surface area (Å²) in [5.74, 6) is -1.16. The van der Waals surface area contributed by atoms with Gasteiger partial charge in [0.05, 0.1) is 5.56 Å². The number of rotatable bonds is 6. The highest BCUT2D eigenvalue weighted by Crippen LogP contribution is 2.08. The molecule has 5 heteroatoms. The van der Waals surface area contributed by atoms with Gasteiger partial charge in [-0.15, -0.1) is 0 Å². The van der Waals surface area contributed by atoms with Gasteiger partial charge in [-0.25, -0.2) is 4.79 Å². The van der Waals surface area contributed by atoms with Crippen molar-refractivity contribution in [2.45, 2.75) is 13.3 Å². The number of carboxylic acids is 1. The lowest BCUT2D eigenvalue weighted by atomic mass is 10.1. The van der Waals surface area contributed by atoms with E-state index in [1.54, 1.807) is 4.90 Å². The molecule has 0 aliphatic rings. The van der Waals surface area contributed by atoms with E-state index in [2.05, 4.69) is 0 Å². The van der Waals surface area contributed by atoms with E-state index >= 15 is 0 Å². The van der Waals surface area contributed by atoms with E-state index in [-0.39, 0.29) is 18.1 Å². The smallest absolute Gasteiger partial charge is 0.335 e. The Bertz CT molecular complexity index is 414. The van der Waals surface area contributed by atoms with Gasteiger partial charge >= 0.3 is 5.97 Å². The zero-order chi connectivity index (χ0) is 13.5. The summed E-state index contributed by atoms with van der Waals surface area (Å²) in [6.45, 7) is 2.95. The second-order valence-electron chi connectivity index (χ2n) is 3.84. The Balaban J connectivity index is 2.78. The van der Waals surface area contributed by atoms with Crippen molar-refractivity contribution < 1.29 is 19.8 Å². The monoisotopic (exact) mass is 251 g/mol. The number of aromatic carboxylic acids is 1. The number of carbonyl (C=O) groups is 2. The third-order valence-corrected chi connectivity index (χ3v) is 2.63. The van der Waals surface area contributed by atoms with Crippen LogP contribution in [0.2, 0.25) is 0 Å². The number of nitrogens with zero attached hydrogens (tertiary/aromatic N) is 1. The zero-order valence-corrected chi connectivity index (χ0v) is 10.3. The highest BCUT2D eigenvalue weighted by Gasteiger charge is 2.14. The Kier molecular flexibility index (Phi) is 5.32. The Morgan fingerprint density at radius 1 is 1.17 bits per heavy atom. The average Bonchev–Trinajstić information content (AvgIpc) is 2.39. The number of carbonyl (C=O) groups excluding carboxylic acids is 1. The van der Waals surface area contributed by atoms with Crippen molar-refractivity contribution in [3.63, 3.8) is 0 Å². The Morgan fingerprint density at radius 2 is 1.72 bits per heavy atom. The van der Waals surface area contributed by atoms with Crippen LogP contribution in [-0.2, 0) is 0 Å². The van der Waals surface area contributed by atoms with Gasteiger partial charge in [-0.3, -0.25) is 4.79 Å². The van der Waals surface area contributed by atoms with Gasteiger partial charge < -0.3 is 15.1 Å². The Morgan fingerprint density at radius 3 is 2.17 bits per heavy atom. The summed E-state index contributed by atoms with van der Waals surface area (Å²) >= 11 is 0. The van der Waals surface area contributed by atoms with E-state index in [9.17, 15) is 9.59 Å². The molecule has 0 bridgehead atoms. The first-order valence-electron chi connectivity index (χ1n) is 5.83. The van der Waals surface area contributed by atoms with Gasteiger partial charge in [0.25, 0.3) is 5.91 Å². The van der Waals surface area contributed by atoms with Gasteiger partial charge in [0.15, 0.2) is 0 Å². The molecule has 5 nitrogen and oxygen atoms in total. The number of hydrogen-bond acceptors (Lipinski definition) is 3. The first-order chi connectivity index (χ1) is 8.60. The van der Waals surface area contributed by atoms with E-state index in [1.165, 1.54) is 24.3 Å². The molecule has 18 heavy (non-hydrogen) atoms. The zero-order valence-electron chi connectivity index (χ0n) is 10.3. The molecule has 1 aromatic rings. The van der Waals surface area contributed by atoms with Crippen LogP contribution in [0.5, 0.6) is 0 Å². The largest absolute Gasteiger partial charge is 0.478 e. The van der Waals surface area contributed by atoms with E-state index in [4.69, 9.17) is 10.2 Å². The van der Waals surface area contributed by atoms with Gasteiger partial charge in [0.2, 0.25) is 0 Å². The lowest BCUT2D eigenvalue weighted by molar-refractivity contribution is 0.0693. The van der Waals surface area contributed by atoms with Crippen molar-refractivity contribution in [1.29, 1.82) is 0 Å². The average molecular weight is 251 g/mol. The number of aliphatic hydroxyl groups excluding tert-OH is 1. The molecular formula is C13H17NO4. The van der Waals surface area contributed by atoms with Gasteiger partial charge in [-0.05, 0) is 37.6 Å². The van der Waals surface area contributed by atoms with Crippen molar-refractivity contribution in [3.05, 3.63) is 35.4 Å². The normalized spacial score (nSPS) is 10.1. The number of hydrogen-bond donors (Lipinski definition) is 2. The molecule has 0 unspecified atom stereocenters. The maximum atomic E-state index is 12.1. The van der Waals surface area contributed by atoms with E-state index in [0.29, 0.717) is 25.1 Å². The van der Waals surface area contributed by atoms with Crippen LogP contribution in [0, 0.1) is 0 Å². The van der Waals surface area contributed by atoms with Crippen LogP contribution >= 0.6 is 0 Å². The highest BCUT2D eigenvalue weighted by atomic mass is 16.4. The topological polar surface area (TPSA) is 77.8 Å². The number of aliphatic hydroxyl groups is 1. The fourth-order valence-corrected chi connectivity index (χ4v) is 1.60. The summed E-state index contributed by atoms with van der Waals surface area (Å²) < 4.78 is 0. The summed E-state index contributed by atoms with van der Waals surface area (Å²) in [6.07, 6.45) is 0.535. The van der Waals surface area contributed by atoms with E-state index in [1.807, 2.05) is 6.92 Å². The number of carboxylic acid groups (broad SMARTS) is 1. The molecule has 0 saturated heterocycles. The summed E-state index contributed by atoms with van der Waals surface area (Å²) in [6, 6.07) is 5.84. The molecule has 98 valence electrons. The van der Waals surface area contributed by atoms with Crippen LogP contribution < -0.4 is 0 Å². The van der Waals surface area contributed by atoms with Crippen LogP contribution in [0.15, 0.2) is 24.3 Å². The third kappa shape index (κ3) is 3.56. The molecule has 0 aliphatic heterocycles. The maximum Gasteiger partial charge on any atom is 0.335 e. The minimum atomic E-state index is -1.01. The number of amides is 1. The van der Waals surface area contributed by atoms with Crippen LogP contribution in [0.1, 0.15) is 34.1 Å². The van der Waals surface area contributed by atoms with E-state index in [0.717, 1.165) is 0 Å². The fourth-order valence-electron chi connectivity index (χ4n) is 1.60. The van der Waals surface area contributed by atoms with Crippen molar-refractivity contribution in [2.24, 2.45) is 0 Å². The van der Waals surface area contributed by atoms with Crippen LogP contribution in [-0.4, -0.2) is 46.7 Å². The van der Waals surface area contributed by atoms with Crippen molar-refractivity contribution in [3.8, 4) is 0 Å². The van der Waals surface area contributed by atoms with Crippen molar-refractivity contribution in [1.82, 2.24) is 4.90 Å². The third-order valence-electron chi connectivity index (χ3n) is 2.63. The molecule has 0 saturated carbocycles.